The fraction of sp³-hybridized carbons (Fsp3) is 0.542. The van der Waals surface area contributed by atoms with Crippen molar-refractivity contribution in [1.82, 2.24) is 25.1 Å². The number of carbonyl (C=O) groups is 1. The van der Waals surface area contributed by atoms with Crippen molar-refractivity contribution in [2.24, 2.45) is 11.3 Å². The normalized spacial score (nSPS) is 26.7. The van der Waals surface area contributed by atoms with Crippen LogP contribution in [0.15, 0.2) is 18.2 Å². The third-order valence-electron chi connectivity index (χ3n) is 8.15. The zero-order valence-corrected chi connectivity index (χ0v) is 19.5. The molecule has 180 valence electrons. The first-order chi connectivity index (χ1) is 16.2. The maximum atomic E-state index is 14.3. The van der Waals surface area contributed by atoms with Gasteiger partial charge in [-0.25, -0.2) is 13.8 Å². The van der Waals surface area contributed by atoms with Gasteiger partial charge in [0.2, 0.25) is 5.91 Å². The number of anilines is 1. The first kappa shape index (κ1) is 21.7. The molecule has 3 aromatic rings. The average Bonchev–Trinajstić information content (AvgIpc) is 3.24. The van der Waals surface area contributed by atoms with Gasteiger partial charge in [0, 0.05) is 54.8 Å². The Morgan fingerprint density at radius 1 is 1.32 bits per heavy atom. The van der Waals surface area contributed by atoms with E-state index in [0.29, 0.717) is 43.1 Å². The number of nitrogens with one attached hydrogen (secondary N) is 2. The van der Waals surface area contributed by atoms with Crippen LogP contribution in [0.5, 0.6) is 0 Å². The summed E-state index contributed by atoms with van der Waals surface area (Å²) in [6.45, 7) is 6.33. The highest BCUT2D eigenvalue weighted by molar-refractivity contribution is 5.98. The van der Waals surface area contributed by atoms with Gasteiger partial charge >= 0.3 is 0 Å². The van der Waals surface area contributed by atoms with Crippen LogP contribution >= 0.6 is 0 Å². The number of nitrogens with zero attached hydrogens (tertiary/aromatic N) is 4. The van der Waals surface area contributed by atoms with Crippen molar-refractivity contribution in [3.05, 3.63) is 29.5 Å². The number of H-pyrrole nitrogens is 2. The van der Waals surface area contributed by atoms with Gasteiger partial charge in [0.1, 0.15) is 5.69 Å². The Morgan fingerprint density at radius 3 is 2.85 bits per heavy atom. The van der Waals surface area contributed by atoms with Crippen LogP contribution in [0, 0.1) is 11.3 Å². The number of fused-ring (bicyclic) bond motifs is 3. The van der Waals surface area contributed by atoms with E-state index in [1.165, 1.54) is 0 Å². The van der Waals surface area contributed by atoms with Crippen LogP contribution in [0.25, 0.3) is 22.6 Å². The van der Waals surface area contributed by atoms with Crippen LogP contribution in [0.2, 0.25) is 0 Å². The molecule has 1 unspecified atom stereocenters. The molecule has 6 rings (SSSR count). The van der Waals surface area contributed by atoms with E-state index >= 15 is 0 Å². The summed E-state index contributed by atoms with van der Waals surface area (Å²) in [5.41, 5.74) is 3.47. The number of alkyl halides is 2. The highest BCUT2D eigenvalue weighted by Gasteiger charge is 2.78. The van der Waals surface area contributed by atoms with Crippen molar-refractivity contribution in [3.63, 3.8) is 0 Å². The van der Waals surface area contributed by atoms with Gasteiger partial charge in [-0.15, -0.1) is 0 Å². The maximum Gasteiger partial charge on any atom is 0.258 e. The summed E-state index contributed by atoms with van der Waals surface area (Å²) in [5.74, 6) is -2.73. The van der Waals surface area contributed by atoms with E-state index in [1.807, 2.05) is 25.1 Å². The SMILES string of the molecule is CC(C(=O)N(C)c1ccc2[nH]c(-c3n[nH]c4c3C[C@@H]3C(F)(F)[C@]3(C)C4)nc2c1)N1CCOCC1. The van der Waals surface area contributed by atoms with E-state index in [-0.39, 0.29) is 11.9 Å². The number of aromatic nitrogens is 4. The van der Waals surface area contributed by atoms with Crippen molar-refractivity contribution in [1.29, 1.82) is 0 Å². The third kappa shape index (κ3) is 3.04. The quantitative estimate of drug-likeness (QED) is 0.612. The lowest BCUT2D eigenvalue weighted by Crippen LogP contribution is -2.50. The number of carbonyl (C=O) groups excluding carboxylic acids is 1. The molecule has 34 heavy (non-hydrogen) atoms. The molecule has 3 heterocycles. The van der Waals surface area contributed by atoms with Crippen LogP contribution in [0.1, 0.15) is 25.1 Å². The minimum absolute atomic E-state index is 0.00629. The molecule has 2 aliphatic carbocycles. The number of hydrogen-bond donors (Lipinski definition) is 2. The minimum Gasteiger partial charge on any atom is -0.379 e. The zero-order chi connectivity index (χ0) is 23.8. The Bertz CT molecular complexity index is 1280. The number of morpholine rings is 1. The second-order valence-electron chi connectivity index (χ2n) is 10.0. The predicted molar refractivity (Wildman–Crippen MR) is 123 cm³/mol. The van der Waals surface area contributed by atoms with Crippen molar-refractivity contribution in [3.8, 4) is 11.5 Å². The van der Waals surface area contributed by atoms with Gasteiger partial charge in [0.25, 0.3) is 5.92 Å². The Labute approximate surface area is 195 Å². The number of aromatic amines is 2. The molecule has 1 aliphatic heterocycles. The lowest BCUT2D eigenvalue weighted by molar-refractivity contribution is -0.124. The average molecular weight is 471 g/mol. The Balaban J connectivity index is 1.26. The van der Waals surface area contributed by atoms with E-state index in [9.17, 15) is 13.6 Å². The summed E-state index contributed by atoms with van der Waals surface area (Å²) >= 11 is 0. The molecule has 10 heteroatoms. The van der Waals surface area contributed by atoms with Crippen LogP contribution < -0.4 is 4.90 Å². The number of rotatable bonds is 4. The van der Waals surface area contributed by atoms with Gasteiger partial charge in [-0.2, -0.15) is 5.10 Å². The Hall–Kier alpha value is -2.85. The van der Waals surface area contributed by atoms with Crippen molar-refractivity contribution >= 4 is 22.6 Å². The molecular weight excluding hydrogens is 442 g/mol. The molecule has 0 bridgehead atoms. The van der Waals surface area contributed by atoms with Gasteiger partial charge in [-0.3, -0.25) is 14.8 Å². The molecular formula is C24H28F2N6O2. The third-order valence-corrected chi connectivity index (χ3v) is 8.15. The number of hydrogen-bond acceptors (Lipinski definition) is 5. The molecule has 2 N–H and O–H groups in total. The summed E-state index contributed by atoms with van der Waals surface area (Å²) in [5, 5.41) is 7.38. The van der Waals surface area contributed by atoms with Crippen molar-refractivity contribution in [2.45, 2.75) is 38.7 Å². The molecule has 1 amide bonds. The smallest absolute Gasteiger partial charge is 0.258 e. The molecule has 1 saturated carbocycles. The molecule has 3 atom stereocenters. The van der Waals surface area contributed by atoms with E-state index in [1.54, 1.807) is 18.9 Å². The zero-order valence-electron chi connectivity index (χ0n) is 19.5. The van der Waals surface area contributed by atoms with Gasteiger partial charge in [-0.05, 0) is 31.5 Å². The summed E-state index contributed by atoms with van der Waals surface area (Å²) in [7, 11) is 1.77. The van der Waals surface area contributed by atoms with Crippen LogP contribution in [0.3, 0.4) is 0 Å². The summed E-state index contributed by atoms with van der Waals surface area (Å²) < 4.78 is 34.0. The molecule has 0 spiro atoms. The summed E-state index contributed by atoms with van der Waals surface area (Å²) in [6, 6.07) is 5.38. The number of ether oxygens (including phenoxy) is 1. The largest absolute Gasteiger partial charge is 0.379 e. The standard InChI is InChI=1S/C24H28F2N6O2/c1-13(32-6-8-34-9-7-32)22(33)31(3)14-4-5-16-17(10-14)28-21(27-16)20-15-11-19-23(2,24(19,25)26)12-18(15)29-30-20/h4-5,10,13,19H,6-9,11-12H2,1-3H3,(H,27,28)(H,29,30)/t13?,19-,23+/m0/s1. The van der Waals surface area contributed by atoms with E-state index in [4.69, 9.17) is 9.72 Å². The predicted octanol–water partition coefficient (Wildman–Crippen LogP) is 3.01. The number of benzene rings is 1. The monoisotopic (exact) mass is 470 g/mol. The molecule has 2 fully saturated rings. The maximum absolute atomic E-state index is 14.3. The highest BCUT2D eigenvalue weighted by Crippen LogP contribution is 2.70. The molecule has 2 aromatic heterocycles. The molecule has 1 saturated heterocycles. The van der Waals surface area contributed by atoms with E-state index in [2.05, 4.69) is 20.1 Å². The highest BCUT2D eigenvalue weighted by atomic mass is 19.3. The topological polar surface area (TPSA) is 90.1 Å². The second kappa shape index (κ2) is 7.32. The van der Waals surface area contributed by atoms with Gasteiger partial charge in [-0.1, -0.05) is 6.92 Å². The Morgan fingerprint density at radius 2 is 2.09 bits per heavy atom. The first-order valence-electron chi connectivity index (χ1n) is 11.7. The molecule has 3 aliphatic rings. The lowest BCUT2D eigenvalue weighted by Gasteiger charge is -2.33. The van der Waals surface area contributed by atoms with Gasteiger partial charge < -0.3 is 14.6 Å². The number of imidazole rings is 1. The van der Waals surface area contributed by atoms with Gasteiger partial charge in [0.05, 0.1) is 30.3 Å². The summed E-state index contributed by atoms with van der Waals surface area (Å²) in [4.78, 5) is 24.8. The number of likely N-dealkylation sites (N-methyl/N-ethyl adjacent to an activating group) is 1. The van der Waals surface area contributed by atoms with Crippen molar-refractivity contribution < 1.29 is 18.3 Å². The van der Waals surface area contributed by atoms with Crippen LogP contribution in [-0.4, -0.2) is 76.3 Å². The van der Waals surface area contributed by atoms with Crippen LogP contribution in [-0.2, 0) is 22.4 Å². The number of amides is 1. The molecule has 0 radical (unpaired) electrons. The fourth-order valence-corrected chi connectivity index (χ4v) is 5.65. The summed E-state index contributed by atoms with van der Waals surface area (Å²) in [6.07, 6.45) is 0.592. The van der Waals surface area contributed by atoms with E-state index in [0.717, 1.165) is 35.6 Å². The molecule has 8 nitrogen and oxygen atoms in total. The first-order valence-corrected chi connectivity index (χ1v) is 11.7. The number of halogens is 2. The Kier molecular flexibility index (Phi) is 4.67. The minimum atomic E-state index is -2.64. The van der Waals surface area contributed by atoms with Gasteiger partial charge in [0.15, 0.2) is 5.82 Å². The van der Waals surface area contributed by atoms with Crippen LogP contribution in [0.4, 0.5) is 14.5 Å². The fourth-order valence-electron chi connectivity index (χ4n) is 5.65. The lowest BCUT2D eigenvalue weighted by atomic mass is 9.87. The second-order valence-corrected chi connectivity index (χ2v) is 10.0. The molecule has 1 aromatic carbocycles. The van der Waals surface area contributed by atoms with Crippen molar-refractivity contribution in [2.75, 3.05) is 38.3 Å². The van der Waals surface area contributed by atoms with E-state index < -0.39 is 17.3 Å².